The second-order valence-electron chi connectivity index (χ2n) is 5.79. The highest BCUT2D eigenvalue weighted by atomic mass is 16.5. The molecule has 0 radical (unpaired) electrons. The van der Waals surface area contributed by atoms with Crippen LogP contribution in [0.2, 0.25) is 0 Å². The van der Waals surface area contributed by atoms with E-state index >= 15 is 0 Å². The Morgan fingerprint density at radius 3 is 2.25 bits per heavy atom. The number of nitrogens with one attached hydrogen (secondary N) is 1. The minimum atomic E-state index is -0.222. The van der Waals surface area contributed by atoms with Gasteiger partial charge in [-0.05, 0) is 24.1 Å². The molecule has 1 N–H and O–H groups in total. The molecule has 0 atom stereocenters. The Morgan fingerprint density at radius 1 is 1.00 bits per heavy atom. The molecule has 0 unspecified atom stereocenters. The summed E-state index contributed by atoms with van der Waals surface area (Å²) in [6.07, 6.45) is 0. The number of rotatable bonds is 7. The number of methoxy groups -OCH3 is 2. The maximum absolute atomic E-state index is 12.5. The van der Waals surface area contributed by atoms with Crippen LogP contribution in [0.1, 0.15) is 24.2 Å². The van der Waals surface area contributed by atoms with E-state index in [4.69, 9.17) is 14.2 Å². The van der Waals surface area contributed by atoms with E-state index in [1.807, 2.05) is 6.07 Å². The van der Waals surface area contributed by atoms with Gasteiger partial charge in [-0.1, -0.05) is 19.9 Å². The van der Waals surface area contributed by atoms with Crippen molar-refractivity contribution >= 4 is 11.6 Å². The van der Waals surface area contributed by atoms with Crippen LogP contribution in [0.25, 0.3) is 0 Å². The summed E-state index contributed by atoms with van der Waals surface area (Å²) >= 11 is 0. The topological polar surface area (TPSA) is 56.8 Å². The van der Waals surface area contributed by atoms with Gasteiger partial charge in [0, 0.05) is 29.4 Å². The first kappa shape index (κ1) is 17.7. The van der Waals surface area contributed by atoms with Crippen LogP contribution in [-0.4, -0.2) is 26.7 Å². The highest BCUT2D eigenvalue weighted by Gasteiger charge is 2.10. The molecule has 0 saturated heterocycles. The Balaban J connectivity index is 2.13. The molecule has 2 rings (SSSR count). The average Bonchev–Trinajstić information content (AvgIpc) is 2.59. The predicted octanol–water partition coefficient (Wildman–Crippen LogP) is 3.99. The Bertz CT molecular complexity index is 675. The number of ether oxygens (including phenoxy) is 3. The zero-order valence-corrected chi connectivity index (χ0v) is 14.5. The number of hydrogen-bond donors (Lipinski definition) is 1. The zero-order valence-electron chi connectivity index (χ0n) is 14.5. The molecular weight excluding hydrogens is 306 g/mol. The van der Waals surface area contributed by atoms with Crippen molar-refractivity contribution in [1.82, 2.24) is 0 Å². The van der Waals surface area contributed by atoms with E-state index in [0.29, 0.717) is 41.0 Å². The summed E-state index contributed by atoms with van der Waals surface area (Å²) in [5.41, 5.74) is 1.13. The van der Waals surface area contributed by atoms with Crippen LogP contribution in [0, 0.1) is 5.92 Å². The van der Waals surface area contributed by atoms with Crippen LogP contribution in [0.15, 0.2) is 42.5 Å². The van der Waals surface area contributed by atoms with Crippen LogP contribution < -0.4 is 19.5 Å². The number of carbonyl (C=O) groups is 1. The van der Waals surface area contributed by atoms with Crippen molar-refractivity contribution in [3.05, 3.63) is 48.0 Å². The quantitative estimate of drug-likeness (QED) is 0.834. The van der Waals surface area contributed by atoms with Gasteiger partial charge >= 0.3 is 0 Å². The fourth-order valence-corrected chi connectivity index (χ4v) is 2.07. The van der Waals surface area contributed by atoms with Crippen molar-refractivity contribution in [2.45, 2.75) is 13.8 Å². The first-order valence-electron chi connectivity index (χ1n) is 7.79. The van der Waals surface area contributed by atoms with E-state index in [1.165, 1.54) is 0 Å². The summed E-state index contributed by atoms with van der Waals surface area (Å²) in [6.45, 7) is 4.76. The molecule has 2 aromatic rings. The van der Waals surface area contributed by atoms with E-state index in [1.54, 1.807) is 50.6 Å². The predicted molar refractivity (Wildman–Crippen MR) is 94.3 cm³/mol. The number of carbonyl (C=O) groups excluding carboxylic acids is 1. The molecule has 0 saturated carbocycles. The third kappa shape index (κ3) is 4.91. The molecule has 0 bridgehead atoms. The summed E-state index contributed by atoms with van der Waals surface area (Å²) in [7, 11) is 3.13. The van der Waals surface area contributed by atoms with Gasteiger partial charge in [-0.3, -0.25) is 4.79 Å². The number of amides is 1. The van der Waals surface area contributed by atoms with Crippen LogP contribution >= 0.6 is 0 Å². The smallest absolute Gasteiger partial charge is 0.255 e. The van der Waals surface area contributed by atoms with E-state index in [0.717, 1.165) is 0 Å². The number of benzene rings is 2. The summed E-state index contributed by atoms with van der Waals surface area (Å²) in [6, 6.07) is 12.3. The molecule has 0 aliphatic carbocycles. The zero-order chi connectivity index (χ0) is 17.5. The molecule has 0 spiro atoms. The highest BCUT2D eigenvalue weighted by Crippen LogP contribution is 2.26. The normalized spacial score (nSPS) is 10.4. The summed E-state index contributed by atoms with van der Waals surface area (Å²) < 4.78 is 16.1. The molecule has 0 fully saturated rings. The maximum atomic E-state index is 12.5. The third-order valence-corrected chi connectivity index (χ3v) is 3.29. The fourth-order valence-electron chi connectivity index (χ4n) is 2.07. The highest BCUT2D eigenvalue weighted by molar-refractivity contribution is 6.04. The van der Waals surface area contributed by atoms with Gasteiger partial charge in [0.05, 0.1) is 20.8 Å². The minimum absolute atomic E-state index is 0.222. The van der Waals surface area contributed by atoms with Crippen molar-refractivity contribution in [2.75, 3.05) is 26.1 Å². The van der Waals surface area contributed by atoms with Crippen LogP contribution in [0.4, 0.5) is 5.69 Å². The lowest BCUT2D eigenvalue weighted by molar-refractivity contribution is 0.102. The van der Waals surface area contributed by atoms with E-state index in [2.05, 4.69) is 19.2 Å². The van der Waals surface area contributed by atoms with Crippen molar-refractivity contribution in [2.24, 2.45) is 5.92 Å². The van der Waals surface area contributed by atoms with Gasteiger partial charge in [0.15, 0.2) is 0 Å². The Morgan fingerprint density at radius 2 is 1.67 bits per heavy atom. The molecule has 5 heteroatoms. The lowest BCUT2D eigenvalue weighted by Crippen LogP contribution is -2.12. The van der Waals surface area contributed by atoms with Gasteiger partial charge in [0.1, 0.15) is 17.2 Å². The number of hydrogen-bond acceptors (Lipinski definition) is 4. The van der Waals surface area contributed by atoms with Gasteiger partial charge in [0.25, 0.3) is 5.91 Å². The first-order chi connectivity index (χ1) is 11.5. The monoisotopic (exact) mass is 329 g/mol. The van der Waals surface area contributed by atoms with E-state index < -0.39 is 0 Å². The first-order valence-corrected chi connectivity index (χ1v) is 7.79. The van der Waals surface area contributed by atoms with Crippen molar-refractivity contribution in [3.63, 3.8) is 0 Å². The SMILES string of the molecule is COc1cc(NC(=O)c2cccc(OCC(C)C)c2)cc(OC)c1. The van der Waals surface area contributed by atoms with Gasteiger partial charge in [-0.2, -0.15) is 0 Å². The Labute approximate surface area is 142 Å². The molecule has 0 aliphatic rings. The second kappa shape index (κ2) is 8.24. The maximum Gasteiger partial charge on any atom is 0.255 e. The molecule has 24 heavy (non-hydrogen) atoms. The Hall–Kier alpha value is -2.69. The molecule has 1 amide bonds. The van der Waals surface area contributed by atoms with Crippen LogP contribution in [0.5, 0.6) is 17.2 Å². The Kier molecular flexibility index (Phi) is 6.07. The molecule has 0 aliphatic heterocycles. The minimum Gasteiger partial charge on any atom is -0.497 e. The lowest BCUT2D eigenvalue weighted by atomic mass is 10.2. The summed E-state index contributed by atoms with van der Waals surface area (Å²) in [4.78, 5) is 12.5. The largest absolute Gasteiger partial charge is 0.497 e. The summed E-state index contributed by atoms with van der Waals surface area (Å²) in [5.74, 6) is 2.10. The third-order valence-electron chi connectivity index (χ3n) is 3.29. The molecule has 2 aromatic carbocycles. The van der Waals surface area contributed by atoms with Crippen LogP contribution in [-0.2, 0) is 0 Å². The fraction of sp³-hybridized carbons (Fsp3) is 0.316. The van der Waals surface area contributed by atoms with Gasteiger partial charge in [0.2, 0.25) is 0 Å². The van der Waals surface area contributed by atoms with Crippen molar-refractivity contribution < 1.29 is 19.0 Å². The van der Waals surface area contributed by atoms with Gasteiger partial charge in [-0.25, -0.2) is 0 Å². The van der Waals surface area contributed by atoms with Crippen LogP contribution in [0.3, 0.4) is 0 Å². The standard InChI is InChI=1S/C19H23NO4/c1-13(2)12-24-16-7-5-6-14(8-16)19(21)20-15-9-17(22-3)11-18(10-15)23-4/h5-11,13H,12H2,1-4H3,(H,20,21). The average molecular weight is 329 g/mol. The van der Waals surface area contributed by atoms with Crippen molar-refractivity contribution in [1.29, 1.82) is 0 Å². The molecule has 128 valence electrons. The molecule has 5 nitrogen and oxygen atoms in total. The van der Waals surface area contributed by atoms with Gasteiger partial charge in [-0.15, -0.1) is 0 Å². The van der Waals surface area contributed by atoms with Crippen molar-refractivity contribution in [3.8, 4) is 17.2 Å². The molecule has 0 heterocycles. The second-order valence-corrected chi connectivity index (χ2v) is 5.79. The van der Waals surface area contributed by atoms with E-state index in [-0.39, 0.29) is 5.91 Å². The summed E-state index contributed by atoms with van der Waals surface area (Å²) in [5, 5.41) is 2.85. The lowest BCUT2D eigenvalue weighted by Gasteiger charge is -2.11. The number of anilines is 1. The van der Waals surface area contributed by atoms with E-state index in [9.17, 15) is 4.79 Å². The molecular formula is C19H23NO4. The van der Waals surface area contributed by atoms with Gasteiger partial charge < -0.3 is 19.5 Å². The molecule has 0 aromatic heterocycles.